The molecule has 14 heteroatoms. The average Bonchev–Trinajstić information content (AvgIpc) is 2.93. The van der Waals surface area contributed by atoms with E-state index in [1.165, 1.54) is 0 Å². The van der Waals surface area contributed by atoms with Crippen LogP contribution >= 0.6 is 11.6 Å². The van der Waals surface area contributed by atoms with Crippen LogP contribution < -0.4 is 23.7 Å². The number of rotatable bonds is 1. The van der Waals surface area contributed by atoms with Crippen molar-refractivity contribution in [1.29, 1.82) is 0 Å². The Kier molecular flexibility index (Phi) is 14.2. The second-order valence-corrected chi connectivity index (χ2v) is 8.34. The van der Waals surface area contributed by atoms with Gasteiger partial charge in [-0.2, -0.15) is 0 Å². The first-order valence-corrected chi connectivity index (χ1v) is 12.5. The second kappa shape index (κ2) is 16.5. The van der Waals surface area contributed by atoms with E-state index in [0.717, 1.165) is 43.6 Å². The summed E-state index contributed by atoms with van der Waals surface area (Å²) in [7, 11) is -4.94. The number of hydrogen-bond acceptors (Lipinski definition) is 10. The van der Waals surface area contributed by atoms with Gasteiger partial charge in [0.2, 0.25) is 0 Å². The summed E-state index contributed by atoms with van der Waals surface area (Å²) in [5.41, 5.74) is 3.91. The van der Waals surface area contributed by atoms with Gasteiger partial charge in [-0.3, -0.25) is 19.9 Å². The molecule has 0 saturated carbocycles. The minimum atomic E-state index is -4.94. The third-order valence-electron chi connectivity index (χ3n) is 4.80. The van der Waals surface area contributed by atoms with Crippen LogP contribution in [0.2, 0.25) is 0 Å². The Balaban J connectivity index is 0.000000292. The van der Waals surface area contributed by atoms with Crippen molar-refractivity contribution in [2.45, 2.75) is 0 Å². The Hall–Kier alpha value is -3.55. The second-order valence-electron chi connectivity index (χ2n) is 7.32. The number of aliphatic carboxylic acids is 1. The van der Waals surface area contributed by atoms with Crippen molar-refractivity contribution in [2.24, 2.45) is 0 Å². The molecular formula is C26H21Cl2MnN4O7+. The predicted molar refractivity (Wildman–Crippen MR) is 135 cm³/mol. The van der Waals surface area contributed by atoms with Crippen molar-refractivity contribution < 1.29 is 61.3 Å². The zero-order valence-electron chi connectivity index (χ0n) is 20.4. The SMILES string of the molecule is O=C([O-])CCl.[Mn+2].[O-][Cl+3]([O-])([O-])[O-].[OH3+].c1cnc2c(c1)ccc1cccnc12.c1cnc2c(c1)ccc1cccnc12. The maximum atomic E-state index is 9.12. The zero-order valence-corrected chi connectivity index (χ0v) is 23.1. The van der Waals surface area contributed by atoms with E-state index in [0.29, 0.717) is 0 Å². The van der Waals surface area contributed by atoms with Gasteiger partial charge in [0, 0.05) is 46.3 Å². The largest absolute Gasteiger partial charge is 2.00 e. The summed E-state index contributed by atoms with van der Waals surface area (Å²) in [4.78, 5) is 26.5. The number of carboxylic acids is 1. The molecule has 207 valence electrons. The number of carbonyl (C=O) groups is 1. The number of carbonyl (C=O) groups excluding carboxylic acids is 1. The zero-order chi connectivity index (χ0) is 27.5. The number of halogens is 2. The number of aromatic nitrogens is 4. The fourth-order valence-electron chi connectivity index (χ4n) is 3.36. The van der Waals surface area contributed by atoms with E-state index in [2.05, 4.69) is 80.1 Å². The summed E-state index contributed by atoms with van der Waals surface area (Å²) in [6.07, 6.45) is 7.21. The molecule has 0 amide bonds. The third kappa shape index (κ3) is 10.5. The summed E-state index contributed by atoms with van der Waals surface area (Å²) in [5.74, 6) is -1.65. The van der Waals surface area contributed by atoms with Gasteiger partial charge in [0.05, 0.1) is 33.9 Å². The minimum absolute atomic E-state index is 0. The first kappa shape index (κ1) is 34.5. The number of pyridine rings is 4. The van der Waals surface area contributed by atoms with Gasteiger partial charge in [-0.05, 0) is 24.3 Å². The van der Waals surface area contributed by atoms with Crippen LogP contribution in [0.15, 0.2) is 97.6 Å². The standard InChI is InChI=1S/2C12H8N2.C2H3ClO2.ClHO4.Mn.H2O/c2*1-3-9-5-6-10-4-2-8-14-12(10)11(9)13-7-1;3-1-2(4)5;2-1(3,4)5;;/h2*1-8H;1H2,(H,4,5);(H,2,3,4,5);;1H2/q;;;;+2;/p-1. The molecule has 0 spiro atoms. The molecule has 4 aromatic heterocycles. The first-order chi connectivity index (χ1) is 18.2. The number of hydrogen-bond donors (Lipinski definition) is 0. The van der Waals surface area contributed by atoms with E-state index >= 15 is 0 Å². The molecule has 6 rings (SSSR count). The molecule has 0 aliphatic heterocycles. The van der Waals surface area contributed by atoms with Gasteiger partial charge in [0.1, 0.15) is 0 Å². The van der Waals surface area contributed by atoms with E-state index in [1.54, 1.807) is 24.8 Å². The van der Waals surface area contributed by atoms with E-state index in [1.807, 2.05) is 24.3 Å². The molecule has 6 aromatic rings. The van der Waals surface area contributed by atoms with Crippen molar-refractivity contribution in [2.75, 3.05) is 5.88 Å². The van der Waals surface area contributed by atoms with Crippen molar-refractivity contribution in [3.63, 3.8) is 0 Å². The molecule has 40 heavy (non-hydrogen) atoms. The van der Waals surface area contributed by atoms with E-state index < -0.39 is 22.1 Å². The Labute approximate surface area is 245 Å². The third-order valence-corrected chi connectivity index (χ3v) is 5.02. The van der Waals surface area contributed by atoms with Crippen molar-refractivity contribution in [3.05, 3.63) is 97.6 Å². The summed E-state index contributed by atoms with van der Waals surface area (Å²) < 4.78 is 34.0. The summed E-state index contributed by atoms with van der Waals surface area (Å²) in [6.45, 7) is 0. The molecule has 0 atom stereocenters. The number of alkyl halides is 1. The number of nitrogens with zero attached hydrogens (tertiary/aromatic N) is 4. The van der Waals surface area contributed by atoms with Crippen LogP contribution in [-0.4, -0.2) is 31.8 Å². The normalized spacial score (nSPS) is 10.0. The van der Waals surface area contributed by atoms with E-state index in [9.17, 15) is 0 Å². The molecule has 4 heterocycles. The van der Waals surface area contributed by atoms with Crippen LogP contribution in [0, 0.1) is 10.2 Å². The van der Waals surface area contributed by atoms with Gasteiger partial charge < -0.3 is 15.4 Å². The number of fused-ring (bicyclic) bond motifs is 6. The predicted octanol–water partition coefficient (Wildman–Crippen LogP) is -1.14. The molecule has 0 unspecified atom stereocenters. The van der Waals surface area contributed by atoms with Crippen LogP contribution in [-0.2, 0) is 27.3 Å². The van der Waals surface area contributed by atoms with Gasteiger partial charge in [0.25, 0.3) is 0 Å². The molecule has 0 bridgehead atoms. The monoisotopic (exact) mass is 626 g/mol. The number of benzene rings is 2. The Morgan fingerprint density at radius 1 is 0.600 bits per heavy atom. The molecule has 0 aliphatic rings. The molecular weight excluding hydrogens is 606 g/mol. The van der Waals surface area contributed by atoms with Crippen LogP contribution in [0.1, 0.15) is 0 Å². The topological polar surface area (TPSA) is 217 Å². The molecule has 0 saturated heterocycles. The molecule has 1 radical (unpaired) electrons. The van der Waals surface area contributed by atoms with E-state index in [4.69, 9.17) is 28.5 Å². The van der Waals surface area contributed by atoms with E-state index in [-0.39, 0.29) is 22.5 Å². The van der Waals surface area contributed by atoms with Crippen LogP contribution in [0.3, 0.4) is 0 Å². The summed E-state index contributed by atoms with van der Waals surface area (Å²) >= 11 is 4.67. The minimum Gasteiger partial charge on any atom is -0.549 e. The Bertz CT molecular complexity index is 1450. The summed E-state index contributed by atoms with van der Waals surface area (Å²) in [5, 5.41) is 13.7. The molecule has 3 N–H and O–H groups in total. The maximum Gasteiger partial charge on any atom is 2.00 e. The van der Waals surface area contributed by atoms with Crippen molar-refractivity contribution in [1.82, 2.24) is 19.9 Å². The van der Waals surface area contributed by atoms with Crippen molar-refractivity contribution >= 4 is 61.2 Å². The van der Waals surface area contributed by atoms with Gasteiger partial charge in [-0.25, -0.2) is 18.6 Å². The Morgan fingerprint density at radius 2 is 0.800 bits per heavy atom. The fourth-order valence-corrected chi connectivity index (χ4v) is 3.36. The number of carboxylic acid groups (broad SMARTS) is 1. The van der Waals surface area contributed by atoms with Crippen LogP contribution in [0.5, 0.6) is 0 Å². The smallest absolute Gasteiger partial charge is 0.549 e. The molecule has 0 fully saturated rings. The quantitative estimate of drug-likeness (QED) is 0.0924. The van der Waals surface area contributed by atoms with Crippen molar-refractivity contribution in [3.8, 4) is 0 Å². The van der Waals surface area contributed by atoms with Gasteiger partial charge in [-0.15, -0.1) is 21.8 Å². The molecule has 2 aromatic carbocycles. The molecule has 11 nitrogen and oxygen atoms in total. The van der Waals surface area contributed by atoms with Gasteiger partial charge in [0.15, 0.2) is 0 Å². The van der Waals surface area contributed by atoms with Crippen LogP contribution in [0.25, 0.3) is 43.6 Å². The summed E-state index contributed by atoms with van der Waals surface area (Å²) in [6, 6.07) is 24.3. The van der Waals surface area contributed by atoms with Crippen LogP contribution in [0.4, 0.5) is 0 Å². The Morgan fingerprint density at radius 3 is 0.975 bits per heavy atom. The fraction of sp³-hybridized carbons (Fsp3) is 0.0385. The first-order valence-electron chi connectivity index (χ1n) is 10.7. The maximum absolute atomic E-state index is 9.12. The average molecular weight is 627 g/mol. The van der Waals surface area contributed by atoms with Gasteiger partial charge >= 0.3 is 17.1 Å². The molecule has 0 aliphatic carbocycles. The van der Waals surface area contributed by atoms with Gasteiger partial charge in [-0.1, -0.05) is 48.5 Å².